The van der Waals surface area contributed by atoms with Gasteiger partial charge in [-0.05, 0) is 35.0 Å². The second kappa shape index (κ2) is 8.35. The van der Waals surface area contributed by atoms with Gasteiger partial charge in [0.1, 0.15) is 18.6 Å². The topological polar surface area (TPSA) is 115 Å². The Morgan fingerprint density at radius 1 is 1.32 bits per heavy atom. The third-order valence-electron chi connectivity index (χ3n) is 3.97. The minimum Gasteiger partial charge on any atom is -0.473 e. The number of nitrogens with two attached hydrogens (primary N) is 1. The van der Waals surface area contributed by atoms with Crippen LogP contribution in [0, 0.1) is 18.2 Å². The molecule has 0 amide bonds. The molecule has 0 atom stereocenters. The summed E-state index contributed by atoms with van der Waals surface area (Å²) in [5.74, 6) is 0.0844. The van der Waals surface area contributed by atoms with Crippen LogP contribution < -0.4 is 11.0 Å². The lowest BCUT2D eigenvalue weighted by atomic mass is 10.1. The lowest BCUT2D eigenvalue weighted by molar-refractivity contribution is -0.500. The van der Waals surface area contributed by atoms with Gasteiger partial charge in [0.05, 0.1) is 18.0 Å². The smallest absolute Gasteiger partial charge is 0.368 e. The van der Waals surface area contributed by atoms with Gasteiger partial charge in [0.15, 0.2) is 0 Å². The highest BCUT2D eigenvalue weighted by molar-refractivity contribution is 5.84. The number of quaternary nitrogens is 1. The first kappa shape index (κ1) is 19.1. The minimum absolute atomic E-state index is 0.0703. The van der Waals surface area contributed by atoms with E-state index in [1.807, 2.05) is 19.1 Å². The molecule has 0 spiro atoms. The van der Waals surface area contributed by atoms with Gasteiger partial charge in [-0.1, -0.05) is 12.1 Å². The van der Waals surface area contributed by atoms with Gasteiger partial charge in [0.2, 0.25) is 11.7 Å². The monoisotopic (exact) mass is 384 g/mol. The highest BCUT2D eigenvalue weighted by atomic mass is 19.1. The maximum Gasteiger partial charge on any atom is 0.368 e. The van der Waals surface area contributed by atoms with Crippen LogP contribution in [0.4, 0.5) is 10.2 Å². The van der Waals surface area contributed by atoms with Crippen molar-refractivity contribution < 1.29 is 14.4 Å². The lowest BCUT2D eigenvalue weighted by Crippen LogP contribution is -2.71. The van der Waals surface area contributed by atoms with E-state index in [4.69, 9.17) is 10.1 Å². The molecule has 0 fully saturated rings. The molecule has 9 nitrogen and oxygen atoms in total. The van der Waals surface area contributed by atoms with Crippen LogP contribution >= 0.6 is 0 Å². The van der Waals surface area contributed by atoms with Gasteiger partial charge in [0, 0.05) is 18.7 Å². The fraction of sp³-hybridized carbons (Fsp3) is 0.167. The van der Waals surface area contributed by atoms with Crippen molar-refractivity contribution in [2.45, 2.75) is 13.5 Å². The summed E-state index contributed by atoms with van der Waals surface area (Å²) in [6.07, 6.45) is 4.17. The molecule has 0 aliphatic heterocycles. The number of benzene rings is 1. The zero-order chi connectivity index (χ0) is 20.1. The van der Waals surface area contributed by atoms with Crippen LogP contribution in [0.3, 0.4) is 0 Å². The zero-order valence-corrected chi connectivity index (χ0v) is 15.3. The quantitative estimate of drug-likeness (QED) is 0.480. The third-order valence-corrected chi connectivity index (χ3v) is 3.97. The Balaban J connectivity index is 1.68. The van der Waals surface area contributed by atoms with E-state index in [-0.39, 0.29) is 18.2 Å². The van der Waals surface area contributed by atoms with Crippen molar-refractivity contribution in [2.24, 2.45) is 7.05 Å². The molecule has 2 heterocycles. The highest BCUT2D eigenvalue weighted by Crippen LogP contribution is 2.18. The average molecular weight is 384 g/mol. The molecule has 1 aromatic carbocycles. The summed E-state index contributed by atoms with van der Waals surface area (Å²) in [7, 11) is 1.52. The van der Waals surface area contributed by atoms with E-state index in [9.17, 15) is 9.18 Å². The number of hydrogen-bond acceptors (Lipinski definition) is 6. The maximum absolute atomic E-state index is 12.8. The summed E-state index contributed by atoms with van der Waals surface area (Å²) in [5.41, 5.74) is 1.81. The van der Waals surface area contributed by atoms with Gasteiger partial charge < -0.3 is 4.74 Å². The molecule has 0 saturated heterocycles. The van der Waals surface area contributed by atoms with Gasteiger partial charge in [-0.25, -0.2) is 14.2 Å². The van der Waals surface area contributed by atoms with E-state index in [2.05, 4.69) is 15.4 Å². The first-order valence-corrected chi connectivity index (χ1v) is 8.38. The Bertz CT molecular complexity index is 1070. The molecule has 144 valence electrons. The maximum atomic E-state index is 12.8. The van der Waals surface area contributed by atoms with Crippen LogP contribution in [-0.4, -0.2) is 30.7 Å². The first-order chi connectivity index (χ1) is 13.5. The summed E-state index contributed by atoms with van der Waals surface area (Å²) < 4.78 is 20.7. The van der Waals surface area contributed by atoms with Crippen molar-refractivity contribution in [1.82, 2.24) is 24.8 Å². The largest absolute Gasteiger partial charge is 0.473 e. The normalized spacial score (nSPS) is 11.1. The summed E-state index contributed by atoms with van der Waals surface area (Å²) in [4.78, 5) is 16.0. The Morgan fingerprint density at radius 2 is 2.14 bits per heavy atom. The molecule has 3 N–H and O–H groups in total. The number of hydrogen-bond donors (Lipinski definition) is 2. The Kier molecular flexibility index (Phi) is 5.70. The molecule has 10 heteroatoms. The SMILES string of the molecule is Cc1cccc(-n2nnn(C)c2=O)c1COC(=N)/C=C\[NH2+]c1ccc(F)cn1. The van der Waals surface area contributed by atoms with E-state index in [1.165, 1.54) is 29.9 Å². The van der Waals surface area contributed by atoms with E-state index in [1.54, 1.807) is 17.6 Å². The molecule has 28 heavy (non-hydrogen) atoms. The molecule has 0 unspecified atom stereocenters. The van der Waals surface area contributed by atoms with E-state index in [0.29, 0.717) is 11.5 Å². The number of ether oxygens (including phenoxy) is 1. The third kappa shape index (κ3) is 4.35. The molecule has 0 saturated carbocycles. The summed E-state index contributed by atoms with van der Waals surface area (Å²) >= 11 is 0. The van der Waals surface area contributed by atoms with Crippen molar-refractivity contribution in [3.63, 3.8) is 0 Å². The molecular formula is C18H19FN7O2+. The molecule has 0 bridgehead atoms. The van der Waals surface area contributed by atoms with Crippen molar-refractivity contribution in [1.29, 1.82) is 5.41 Å². The van der Waals surface area contributed by atoms with Crippen molar-refractivity contribution in [3.05, 3.63) is 76.2 Å². The number of rotatable bonds is 6. The predicted octanol–water partition coefficient (Wildman–Crippen LogP) is 0.711. The van der Waals surface area contributed by atoms with E-state index >= 15 is 0 Å². The summed E-state index contributed by atoms with van der Waals surface area (Å²) in [6.45, 7) is 1.97. The fourth-order valence-electron chi connectivity index (χ4n) is 2.46. The second-order valence-electron chi connectivity index (χ2n) is 5.95. The van der Waals surface area contributed by atoms with Crippen LogP contribution in [0.25, 0.3) is 5.69 Å². The number of aryl methyl sites for hydroxylation is 2. The van der Waals surface area contributed by atoms with Crippen LogP contribution in [0.2, 0.25) is 0 Å². The fourth-order valence-corrected chi connectivity index (χ4v) is 2.46. The van der Waals surface area contributed by atoms with Gasteiger partial charge in [-0.3, -0.25) is 10.7 Å². The molecule has 2 aromatic heterocycles. The Labute approximate surface area is 159 Å². The van der Waals surface area contributed by atoms with Gasteiger partial charge >= 0.3 is 5.69 Å². The zero-order valence-electron chi connectivity index (χ0n) is 15.3. The molecule has 0 aliphatic carbocycles. The summed E-state index contributed by atoms with van der Waals surface area (Å²) in [6, 6.07) is 8.28. The van der Waals surface area contributed by atoms with Crippen LogP contribution in [-0.2, 0) is 18.4 Å². The van der Waals surface area contributed by atoms with Crippen molar-refractivity contribution in [3.8, 4) is 5.69 Å². The second-order valence-corrected chi connectivity index (χ2v) is 5.95. The van der Waals surface area contributed by atoms with Gasteiger partial charge in [0.25, 0.3) is 0 Å². The lowest BCUT2D eigenvalue weighted by Gasteiger charge is -2.12. The van der Waals surface area contributed by atoms with Gasteiger partial charge in [-0.2, -0.15) is 9.36 Å². The van der Waals surface area contributed by atoms with Crippen LogP contribution in [0.1, 0.15) is 11.1 Å². The molecule has 0 aliphatic rings. The molecule has 3 rings (SSSR count). The summed E-state index contributed by atoms with van der Waals surface area (Å²) in [5, 5.41) is 17.1. The Hall–Kier alpha value is -3.66. The number of halogens is 1. The number of nitrogens with one attached hydrogen (secondary N) is 1. The van der Waals surface area contributed by atoms with Crippen molar-refractivity contribution >= 4 is 11.7 Å². The molecule has 0 radical (unpaired) electrons. The minimum atomic E-state index is -0.409. The van der Waals surface area contributed by atoms with E-state index < -0.39 is 5.82 Å². The van der Waals surface area contributed by atoms with Crippen molar-refractivity contribution in [2.75, 3.05) is 0 Å². The first-order valence-electron chi connectivity index (χ1n) is 8.38. The standard InChI is InChI=1S/C18H18FN7O2/c1-12-4-3-5-15(26-18(27)25(2)23-24-26)14(12)11-28-16(20)8-9-21-17-7-6-13(19)10-22-17/h3-10,20H,11H2,1-2H3,(H,21,22)/p+1/b9-8-,20-16?. The molecular weight excluding hydrogens is 365 g/mol. The number of nitrogens with zero attached hydrogens (tertiary/aromatic N) is 5. The predicted molar refractivity (Wildman–Crippen MR) is 98.8 cm³/mol. The number of tetrazole rings is 1. The van der Waals surface area contributed by atoms with Crippen LogP contribution in [0.15, 0.2) is 53.6 Å². The number of pyridine rings is 1. The van der Waals surface area contributed by atoms with Crippen LogP contribution in [0.5, 0.6) is 0 Å². The van der Waals surface area contributed by atoms with E-state index in [0.717, 1.165) is 22.0 Å². The van der Waals surface area contributed by atoms with Gasteiger partial charge in [-0.15, -0.1) is 0 Å². The average Bonchev–Trinajstić information content (AvgIpc) is 3.01. The Morgan fingerprint density at radius 3 is 2.82 bits per heavy atom. The highest BCUT2D eigenvalue weighted by Gasteiger charge is 2.13. The molecule has 3 aromatic rings. The number of aromatic nitrogens is 5.